The summed E-state index contributed by atoms with van der Waals surface area (Å²) in [5.41, 5.74) is 7.45. The lowest BCUT2D eigenvalue weighted by atomic mass is 9.81. The van der Waals surface area contributed by atoms with Crippen LogP contribution in [0.4, 0.5) is 4.39 Å². The lowest BCUT2D eigenvalue weighted by molar-refractivity contribution is -0.140. The molecule has 0 spiro atoms. The Morgan fingerprint density at radius 3 is 2.58 bits per heavy atom. The summed E-state index contributed by atoms with van der Waals surface area (Å²) in [6.07, 6.45) is 4.84. The molecule has 40 heavy (non-hydrogen) atoms. The average molecular weight is 561 g/mol. The van der Waals surface area contributed by atoms with E-state index in [0.717, 1.165) is 22.4 Å². The normalized spacial score (nSPS) is 19.3. The first-order valence-corrected chi connectivity index (χ1v) is 13.3. The van der Waals surface area contributed by atoms with E-state index in [1.165, 1.54) is 6.07 Å². The van der Waals surface area contributed by atoms with Gasteiger partial charge in [0.15, 0.2) is 0 Å². The van der Waals surface area contributed by atoms with Gasteiger partial charge in [0.1, 0.15) is 28.5 Å². The Morgan fingerprint density at radius 2 is 1.88 bits per heavy atom. The molecule has 1 fully saturated rings. The van der Waals surface area contributed by atoms with E-state index in [-0.39, 0.29) is 24.9 Å². The number of imidazole rings is 1. The number of carbonyl (C=O) groups is 1. The minimum atomic E-state index is -1.50. The molecule has 3 aromatic heterocycles. The van der Waals surface area contributed by atoms with Gasteiger partial charge < -0.3 is 20.1 Å². The molecule has 6 rings (SSSR count). The van der Waals surface area contributed by atoms with Crippen molar-refractivity contribution >= 4 is 39.4 Å². The van der Waals surface area contributed by atoms with Crippen LogP contribution in [-0.4, -0.2) is 41.1 Å². The van der Waals surface area contributed by atoms with Gasteiger partial charge >= 0.3 is 6.01 Å². The quantitative estimate of drug-likeness (QED) is 0.287. The molecule has 0 atom stereocenters. The number of hydrogen-bond acceptors (Lipinski definition) is 7. The number of amides is 1. The third-order valence-corrected chi connectivity index (χ3v) is 7.91. The van der Waals surface area contributed by atoms with Gasteiger partial charge in [-0.3, -0.25) is 9.78 Å². The summed E-state index contributed by atoms with van der Waals surface area (Å²) in [7, 11) is 0. The van der Waals surface area contributed by atoms with Crippen LogP contribution in [0, 0.1) is 19.7 Å². The van der Waals surface area contributed by atoms with Crippen molar-refractivity contribution in [2.45, 2.75) is 51.2 Å². The first-order chi connectivity index (χ1) is 19.1. The minimum Gasteiger partial charge on any atom is -0.424 e. The number of fused-ring (bicyclic) bond motifs is 3. The lowest BCUT2D eigenvalue weighted by Crippen LogP contribution is -2.46. The van der Waals surface area contributed by atoms with Crippen molar-refractivity contribution in [1.29, 1.82) is 0 Å². The fourth-order valence-corrected chi connectivity index (χ4v) is 5.78. The highest BCUT2D eigenvalue weighted by Gasteiger charge is 2.39. The van der Waals surface area contributed by atoms with Crippen LogP contribution in [0.2, 0.25) is 5.02 Å². The predicted octanol–water partition coefficient (Wildman–Crippen LogP) is 5.57. The molecule has 0 unspecified atom stereocenters. The molecule has 0 aliphatic heterocycles. The topological polar surface area (TPSA) is 129 Å². The number of rotatable bonds is 5. The summed E-state index contributed by atoms with van der Waals surface area (Å²) in [6, 6.07) is 10.0. The lowest BCUT2D eigenvalue weighted by Gasteiger charge is -2.34. The molecular weight excluding hydrogens is 535 g/mol. The van der Waals surface area contributed by atoms with Crippen LogP contribution in [0.1, 0.15) is 43.2 Å². The number of carbonyl (C=O) groups excluding carboxylic acids is 1. The van der Waals surface area contributed by atoms with Gasteiger partial charge in [0.2, 0.25) is 5.91 Å². The molecule has 3 heterocycles. The van der Waals surface area contributed by atoms with E-state index in [0.29, 0.717) is 45.8 Å². The number of aryl methyl sites for hydroxylation is 2. The molecule has 0 bridgehead atoms. The van der Waals surface area contributed by atoms with Gasteiger partial charge in [0.25, 0.3) is 0 Å². The monoisotopic (exact) mass is 560 g/mol. The van der Waals surface area contributed by atoms with Crippen LogP contribution in [0.5, 0.6) is 11.8 Å². The zero-order chi connectivity index (χ0) is 28.2. The van der Waals surface area contributed by atoms with E-state index in [1.807, 2.05) is 13.8 Å². The second-order valence-electron chi connectivity index (χ2n) is 10.2. The number of nitrogens with zero attached hydrogens (tertiary/aromatic N) is 5. The molecule has 5 aromatic rings. The Hall–Kier alpha value is -4.15. The van der Waals surface area contributed by atoms with Gasteiger partial charge in [0.05, 0.1) is 22.3 Å². The largest absolute Gasteiger partial charge is 0.424 e. The zero-order valence-electron chi connectivity index (χ0n) is 21.9. The summed E-state index contributed by atoms with van der Waals surface area (Å²) in [5, 5.41) is 11.6. The van der Waals surface area contributed by atoms with Crippen LogP contribution in [0.15, 0.2) is 48.8 Å². The first kappa shape index (κ1) is 26.1. The summed E-state index contributed by atoms with van der Waals surface area (Å²) in [4.78, 5) is 29.3. The van der Waals surface area contributed by atoms with E-state index >= 15 is 4.39 Å². The van der Waals surface area contributed by atoms with Crippen molar-refractivity contribution in [3.05, 3.63) is 71.2 Å². The van der Waals surface area contributed by atoms with Crippen molar-refractivity contribution in [1.82, 2.24) is 24.5 Å². The van der Waals surface area contributed by atoms with Crippen LogP contribution < -0.4 is 10.5 Å². The van der Waals surface area contributed by atoms with Gasteiger partial charge in [-0.15, -0.1) is 0 Å². The van der Waals surface area contributed by atoms with Crippen molar-refractivity contribution in [3.8, 4) is 22.9 Å². The first-order valence-electron chi connectivity index (χ1n) is 12.9. The van der Waals surface area contributed by atoms with Crippen LogP contribution in [-0.2, 0) is 4.79 Å². The van der Waals surface area contributed by atoms with Crippen molar-refractivity contribution < 1.29 is 19.0 Å². The molecule has 1 amide bonds. The SMILES string of the molecule is Cc1ccnc(Oc2ccc(-c3cc4c(cc3F)ncc3nc(C)n(C5CCC(O)(C(N)=O)CC5)c34)c(Cl)c2)n1. The van der Waals surface area contributed by atoms with Crippen molar-refractivity contribution in [2.24, 2.45) is 5.73 Å². The fourth-order valence-electron chi connectivity index (χ4n) is 5.51. The maximum absolute atomic E-state index is 15.5. The summed E-state index contributed by atoms with van der Waals surface area (Å²) in [5.74, 6) is 0.0191. The molecular formula is C29H26ClFN6O3. The number of nitrogens with two attached hydrogens (primary N) is 1. The molecule has 0 saturated heterocycles. The number of primary amides is 1. The molecule has 3 N–H and O–H groups in total. The summed E-state index contributed by atoms with van der Waals surface area (Å²) < 4.78 is 23.3. The number of ether oxygens (including phenoxy) is 1. The Bertz CT molecular complexity index is 1800. The fraction of sp³-hybridized carbons (Fsp3) is 0.276. The van der Waals surface area contributed by atoms with Crippen LogP contribution >= 0.6 is 11.6 Å². The Kier molecular flexibility index (Phi) is 6.39. The van der Waals surface area contributed by atoms with E-state index < -0.39 is 17.3 Å². The Balaban J connectivity index is 1.42. The Morgan fingerprint density at radius 1 is 1.10 bits per heavy atom. The smallest absolute Gasteiger partial charge is 0.322 e. The maximum atomic E-state index is 15.5. The molecule has 1 aliphatic carbocycles. The van der Waals surface area contributed by atoms with E-state index in [4.69, 9.17) is 27.1 Å². The summed E-state index contributed by atoms with van der Waals surface area (Å²) >= 11 is 6.63. The molecule has 0 radical (unpaired) electrons. The molecule has 1 aliphatic rings. The summed E-state index contributed by atoms with van der Waals surface area (Å²) in [6.45, 7) is 3.74. The van der Waals surface area contributed by atoms with Gasteiger partial charge in [-0.2, -0.15) is 0 Å². The van der Waals surface area contributed by atoms with E-state index in [9.17, 15) is 9.90 Å². The molecule has 1 saturated carbocycles. The second-order valence-corrected chi connectivity index (χ2v) is 10.6. The van der Waals surface area contributed by atoms with E-state index in [2.05, 4.69) is 19.5 Å². The zero-order valence-corrected chi connectivity index (χ0v) is 22.6. The highest BCUT2D eigenvalue weighted by atomic mass is 35.5. The molecule has 9 nitrogen and oxygen atoms in total. The number of hydrogen-bond donors (Lipinski definition) is 2. The number of aromatic nitrogens is 5. The number of benzene rings is 2. The standard InChI is InChI=1S/C29H26ClFN6O3/c1-15-7-10-33-28(35-15)40-18-3-4-19(22(30)11-18)20-12-21-24(13-23(20)31)34-14-25-26(21)37(16(2)36-25)17-5-8-29(39,9-6-17)27(32)38/h3-4,7,10-14,17,39H,5-6,8-9H2,1-2H3,(H2,32,38). The molecule has 2 aromatic carbocycles. The molecule has 11 heteroatoms. The number of pyridine rings is 1. The maximum Gasteiger partial charge on any atom is 0.322 e. The number of aliphatic hydroxyl groups is 1. The third-order valence-electron chi connectivity index (χ3n) is 7.60. The van der Waals surface area contributed by atoms with Crippen LogP contribution in [0.25, 0.3) is 33.1 Å². The predicted molar refractivity (Wildman–Crippen MR) is 149 cm³/mol. The molecule has 204 valence electrons. The van der Waals surface area contributed by atoms with Crippen molar-refractivity contribution in [3.63, 3.8) is 0 Å². The van der Waals surface area contributed by atoms with Gasteiger partial charge in [0, 0.05) is 46.6 Å². The van der Waals surface area contributed by atoms with Crippen molar-refractivity contribution in [2.75, 3.05) is 0 Å². The van der Waals surface area contributed by atoms with Gasteiger partial charge in [-0.1, -0.05) is 11.6 Å². The van der Waals surface area contributed by atoms with Gasteiger partial charge in [-0.05, 0) is 63.8 Å². The minimum absolute atomic E-state index is 0.0207. The van der Waals surface area contributed by atoms with Crippen LogP contribution in [0.3, 0.4) is 0 Å². The second kappa shape index (κ2) is 9.79. The van der Waals surface area contributed by atoms with E-state index in [1.54, 1.807) is 42.7 Å². The average Bonchev–Trinajstić information content (AvgIpc) is 3.25. The Labute approximate surface area is 233 Å². The van der Waals surface area contributed by atoms with Gasteiger partial charge in [-0.25, -0.2) is 19.3 Å². The third kappa shape index (κ3) is 4.52. The highest BCUT2D eigenvalue weighted by molar-refractivity contribution is 6.33. The highest BCUT2D eigenvalue weighted by Crippen LogP contribution is 2.40. The number of halogens is 2.